The number of benzene rings is 1. The number of nitrogens with one attached hydrogen (secondary N) is 1. The van der Waals surface area contributed by atoms with Gasteiger partial charge in [0.1, 0.15) is 5.82 Å². The average molecular weight is 442 g/mol. The van der Waals surface area contributed by atoms with Crippen LogP contribution in [0.25, 0.3) is 0 Å². The Hall–Kier alpha value is -3.33. The summed E-state index contributed by atoms with van der Waals surface area (Å²) in [4.78, 5) is 34.2. The Morgan fingerprint density at radius 3 is 2.52 bits per heavy atom. The third-order valence-electron chi connectivity index (χ3n) is 5.08. The van der Waals surface area contributed by atoms with Crippen molar-refractivity contribution >= 4 is 29.0 Å². The van der Waals surface area contributed by atoms with Crippen LogP contribution in [-0.4, -0.2) is 47.9 Å². The predicted octanol–water partition coefficient (Wildman–Crippen LogP) is 3.31. The van der Waals surface area contributed by atoms with Crippen molar-refractivity contribution in [2.75, 3.05) is 31.1 Å². The molecule has 2 aromatic heterocycles. The third kappa shape index (κ3) is 4.56. The normalized spacial score (nSPS) is 13.9. The first-order valence-electron chi connectivity index (χ1n) is 9.78. The summed E-state index contributed by atoms with van der Waals surface area (Å²) in [5.74, 6) is -2.42. The van der Waals surface area contributed by atoms with Crippen LogP contribution in [0.4, 0.5) is 14.6 Å². The van der Waals surface area contributed by atoms with Crippen LogP contribution < -0.4 is 10.2 Å². The maximum absolute atomic E-state index is 14.0. The van der Waals surface area contributed by atoms with Gasteiger partial charge >= 0.3 is 0 Å². The number of amides is 2. The van der Waals surface area contributed by atoms with Crippen LogP contribution in [0, 0.1) is 11.6 Å². The number of carbonyl (C=O) groups is 2. The van der Waals surface area contributed by atoms with Gasteiger partial charge in [-0.25, -0.2) is 13.8 Å². The number of halogens is 2. The lowest BCUT2D eigenvalue weighted by atomic mass is 10.1. The predicted molar refractivity (Wildman–Crippen MR) is 114 cm³/mol. The highest BCUT2D eigenvalue weighted by atomic mass is 32.1. The molecule has 9 heteroatoms. The summed E-state index contributed by atoms with van der Waals surface area (Å²) in [6.07, 6.45) is 1.62. The van der Waals surface area contributed by atoms with Gasteiger partial charge in [-0.15, -0.1) is 11.3 Å². The van der Waals surface area contributed by atoms with Gasteiger partial charge in [0.15, 0.2) is 11.6 Å². The fourth-order valence-corrected chi connectivity index (χ4v) is 4.11. The van der Waals surface area contributed by atoms with Crippen molar-refractivity contribution in [2.45, 2.75) is 6.54 Å². The molecule has 2 amide bonds. The van der Waals surface area contributed by atoms with Crippen molar-refractivity contribution in [1.82, 2.24) is 15.2 Å². The van der Waals surface area contributed by atoms with E-state index >= 15 is 0 Å². The lowest BCUT2D eigenvalue weighted by molar-refractivity contribution is 0.0739. The number of pyridine rings is 1. The van der Waals surface area contributed by atoms with Crippen LogP contribution in [0.5, 0.6) is 0 Å². The zero-order valence-electron chi connectivity index (χ0n) is 16.6. The van der Waals surface area contributed by atoms with Gasteiger partial charge in [-0.2, -0.15) is 0 Å². The fourth-order valence-electron chi connectivity index (χ4n) is 3.46. The van der Waals surface area contributed by atoms with Crippen LogP contribution in [0.3, 0.4) is 0 Å². The second-order valence-electron chi connectivity index (χ2n) is 7.02. The Morgan fingerprint density at radius 2 is 1.77 bits per heavy atom. The lowest BCUT2D eigenvalue weighted by Gasteiger charge is -2.36. The molecule has 0 radical (unpaired) electrons. The molecule has 0 spiro atoms. The highest BCUT2D eigenvalue weighted by Gasteiger charge is 2.27. The SMILES string of the molecule is O=C(NCc1cccs1)c1cccnc1N1CCN(C(=O)c2cccc(F)c2F)CC1. The minimum Gasteiger partial charge on any atom is -0.352 e. The van der Waals surface area contributed by atoms with Crippen LogP contribution in [0.15, 0.2) is 54.0 Å². The van der Waals surface area contributed by atoms with E-state index in [4.69, 9.17) is 0 Å². The van der Waals surface area contributed by atoms with E-state index in [2.05, 4.69) is 10.3 Å². The molecular formula is C22H20F2N4O2S. The van der Waals surface area contributed by atoms with E-state index in [1.165, 1.54) is 17.0 Å². The highest BCUT2D eigenvalue weighted by Crippen LogP contribution is 2.21. The van der Waals surface area contributed by atoms with E-state index in [1.807, 2.05) is 22.4 Å². The molecule has 1 saturated heterocycles. The summed E-state index contributed by atoms with van der Waals surface area (Å²) < 4.78 is 27.4. The van der Waals surface area contributed by atoms with E-state index in [0.29, 0.717) is 44.1 Å². The molecule has 160 valence electrons. The number of nitrogens with zero attached hydrogens (tertiary/aromatic N) is 3. The molecule has 0 bridgehead atoms. The van der Waals surface area contributed by atoms with Gasteiger partial charge in [-0.3, -0.25) is 9.59 Å². The van der Waals surface area contributed by atoms with Crippen LogP contribution in [0.1, 0.15) is 25.6 Å². The number of aromatic nitrogens is 1. The van der Waals surface area contributed by atoms with Crippen molar-refractivity contribution < 1.29 is 18.4 Å². The molecule has 1 aliphatic heterocycles. The number of hydrogen-bond donors (Lipinski definition) is 1. The van der Waals surface area contributed by atoms with E-state index in [-0.39, 0.29) is 11.5 Å². The Balaban J connectivity index is 1.42. The summed E-state index contributed by atoms with van der Waals surface area (Å²) in [5.41, 5.74) is 0.176. The molecule has 3 aromatic rings. The first-order valence-corrected chi connectivity index (χ1v) is 10.7. The van der Waals surface area contributed by atoms with Crippen molar-refractivity contribution in [3.8, 4) is 0 Å². The number of rotatable bonds is 5. The van der Waals surface area contributed by atoms with Gasteiger partial charge in [0, 0.05) is 37.3 Å². The monoisotopic (exact) mass is 442 g/mol. The average Bonchev–Trinajstić information content (AvgIpc) is 3.33. The van der Waals surface area contributed by atoms with Gasteiger partial charge in [-0.05, 0) is 35.7 Å². The van der Waals surface area contributed by atoms with Crippen molar-refractivity contribution in [3.63, 3.8) is 0 Å². The number of carbonyl (C=O) groups excluding carboxylic acids is 2. The third-order valence-corrected chi connectivity index (χ3v) is 5.96. The molecule has 4 rings (SSSR count). The van der Waals surface area contributed by atoms with Gasteiger partial charge in [0.25, 0.3) is 11.8 Å². The van der Waals surface area contributed by atoms with E-state index < -0.39 is 17.5 Å². The minimum atomic E-state index is -1.13. The van der Waals surface area contributed by atoms with Crippen molar-refractivity contribution in [3.05, 3.63) is 81.7 Å². The quantitative estimate of drug-likeness (QED) is 0.659. The first-order chi connectivity index (χ1) is 15.0. The molecule has 1 N–H and O–H groups in total. The highest BCUT2D eigenvalue weighted by molar-refractivity contribution is 7.09. The van der Waals surface area contributed by atoms with Crippen LogP contribution >= 0.6 is 11.3 Å². The topological polar surface area (TPSA) is 65.5 Å². The summed E-state index contributed by atoms with van der Waals surface area (Å²) in [6, 6.07) is 10.9. The largest absolute Gasteiger partial charge is 0.352 e. The molecule has 1 aromatic carbocycles. The van der Waals surface area contributed by atoms with E-state index in [9.17, 15) is 18.4 Å². The molecule has 1 fully saturated rings. The molecule has 3 heterocycles. The Kier molecular flexibility index (Phi) is 6.22. The zero-order valence-corrected chi connectivity index (χ0v) is 17.4. The molecule has 0 unspecified atom stereocenters. The van der Waals surface area contributed by atoms with Crippen LogP contribution in [-0.2, 0) is 6.54 Å². The number of piperazine rings is 1. The van der Waals surface area contributed by atoms with Gasteiger partial charge < -0.3 is 15.1 Å². The Labute approximate surface area is 182 Å². The number of anilines is 1. The maximum atomic E-state index is 14.0. The smallest absolute Gasteiger partial charge is 0.257 e. The number of thiophene rings is 1. The summed E-state index contributed by atoms with van der Waals surface area (Å²) in [6.45, 7) is 1.89. The zero-order chi connectivity index (χ0) is 21.8. The van der Waals surface area contributed by atoms with Crippen LogP contribution in [0.2, 0.25) is 0 Å². The minimum absolute atomic E-state index is 0.225. The molecule has 0 atom stereocenters. The summed E-state index contributed by atoms with van der Waals surface area (Å²) in [5, 5.41) is 4.86. The molecule has 6 nitrogen and oxygen atoms in total. The Bertz CT molecular complexity index is 1080. The van der Waals surface area contributed by atoms with Crippen molar-refractivity contribution in [2.24, 2.45) is 0 Å². The first kappa shape index (κ1) is 20.9. The second-order valence-corrected chi connectivity index (χ2v) is 8.05. The van der Waals surface area contributed by atoms with Crippen molar-refractivity contribution in [1.29, 1.82) is 0 Å². The molecule has 31 heavy (non-hydrogen) atoms. The maximum Gasteiger partial charge on any atom is 0.257 e. The summed E-state index contributed by atoms with van der Waals surface area (Å²) in [7, 11) is 0. The van der Waals surface area contributed by atoms with E-state index in [0.717, 1.165) is 10.9 Å². The van der Waals surface area contributed by atoms with E-state index in [1.54, 1.807) is 29.7 Å². The Morgan fingerprint density at radius 1 is 1.00 bits per heavy atom. The number of hydrogen-bond acceptors (Lipinski definition) is 5. The standard InChI is InChI=1S/C22H20F2N4O2S/c23-18-7-1-5-16(19(18)24)22(30)28-11-9-27(10-12-28)20-17(6-2-8-25-20)21(29)26-14-15-4-3-13-31-15/h1-8,13H,9-12,14H2,(H,26,29). The second kappa shape index (κ2) is 9.22. The van der Waals surface area contributed by atoms with Gasteiger partial charge in [0.2, 0.25) is 0 Å². The molecule has 0 aliphatic carbocycles. The lowest BCUT2D eigenvalue weighted by Crippen LogP contribution is -2.49. The molecule has 1 aliphatic rings. The van der Waals surface area contributed by atoms with Gasteiger partial charge in [0.05, 0.1) is 17.7 Å². The fraction of sp³-hybridized carbons (Fsp3) is 0.227. The van der Waals surface area contributed by atoms with Gasteiger partial charge in [-0.1, -0.05) is 12.1 Å². The summed E-state index contributed by atoms with van der Waals surface area (Å²) >= 11 is 1.57. The molecular weight excluding hydrogens is 422 g/mol. The molecule has 0 saturated carbocycles.